The highest BCUT2D eigenvalue weighted by Gasteiger charge is 2.20. The van der Waals surface area contributed by atoms with Crippen LogP contribution in [0.25, 0.3) is 28.1 Å². The lowest BCUT2D eigenvalue weighted by Gasteiger charge is -2.13. The van der Waals surface area contributed by atoms with Gasteiger partial charge in [-0.3, -0.25) is 4.57 Å². The number of allylic oxidation sites excluding steroid dienone is 1. The first-order valence-electron chi connectivity index (χ1n) is 11.4. The quantitative estimate of drug-likeness (QED) is 0.308. The Morgan fingerprint density at radius 3 is 2.67 bits per heavy atom. The van der Waals surface area contributed by atoms with E-state index in [1.807, 2.05) is 54.0 Å². The van der Waals surface area contributed by atoms with E-state index in [1.165, 1.54) is 10.8 Å². The van der Waals surface area contributed by atoms with Gasteiger partial charge >= 0.3 is 0 Å². The number of pyridine rings is 1. The van der Waals surface area contributed by atoms with Gasteiger partial charge in [-0.1, -0.05) is 12.6 Å². The highest BCUT2D eigenvalue weighted by Crippen LogP contribution is 2.31. The second-order valence-corrected chi connectivity index (χ2v) is 8.50. The summed E-state index contributed by atoms with van der Waals surface area (Å²) in [5, 5.41) is 26.1. The molecular weight excluding hydrogens is 459 g/mol. The first kappa shape index (κ1) is 23.3. The summed E-state index contributed by atoms with van der Waals surface area (Å²) in [6.07, 6.45) is 2.21. The molecule has 0 amide bonds. The summed E-state index contributed by atoms with van der Waals surface area (Å²) in [4.78, 5) is 9.39. The summed E-state index contributed by atoms with van der Waals surface area (Å²) < 4.78 is 17.2. The molecule has 2 atom stereocenters. The average Bonchev–Trinajstić information content (AvgIpc) is 3.47. The number of imidazole rings is 1. The van der Waals surface area contributed by atoms with E-state index in [9.17, 15) is 9.50 Å². The van der Waals surface area contributed by atoms with Crippen LogP contribution in [0, 0.1) is 13.8 Å². The van der Waals surface area contributed by atoms with E-state index in [1.54, 1.807) is 26.4 Å². The Morgan fingerprint density at radius 1 is 1.11 bits per heavy atom. The van der Waals surface area contributed by atoms with Crippen LogP contribution in [0.4, 0.5) is 15.9 Å². The Bertz CT molecular complexity index is 1550. The van der Waals surface area contributed by atoms with Crippen LogP contribution >= 0.6 is 0 Å². The van der Waals surface area contributed by atoms with Crippen LogP contribution in [0.5, 0.6) is 0 Å². The lowest BCUT2D eigenvalue weighted by atomic mass is 10.0. The number of benzene rings is 1. The summed E-state index contributed by atoms with van der Waals surface area (Å²) in [5.74, 6) is 1.25. The smallest absolute Gasteiger partial charge is 0.209 e. The number of fused-ring (bicyclic) bond motifs is 1. The molecule has 0 aliphatic rings. The number of aliphatic hydroxyl groups is 1. The SMILES string of the molecule is C=CC(F)n1cc(-c2nc(-n3cnc4cc(Nc5ccc(C)nn5)ccc43)ccc2C(C)O)c(C)n1. The monoisotopic (exact) mass is 484 g/mol. The first-order valence-corrected chi connectivity index (χ1v) is 11.4. The molecule has 0 saturated heterocycles. The molecule has 4 aromatic heterocycles. The highest BCUT2D eigenvalue weighted by molar-refractivity contribution is 5.82. The predicted molar refractivity (Wildman–Crippen MR) is 136 cm³/mol. The summed E-state index contributed by atoms with van der Waals surface area (Å²) in [5.41, 5.74) is 5.65. The van der Waals surface area contributed by atoms with Crippen molar-refractivity contribution in [3.05, 3.63) is 84.6 Å². The third kappa shape index (κ3) is 4.34. The van der Waals surface area contributed by atoms with Gasteiger partial charge in [-0.15, -0.1) is 5.10 Å². The molecule has 0 spiro atoms. The van der Waals surface area contributed by atoms with Crippen molar-refractivity contribution in [2.24, 2.45) is 0 Å². The van der Waals surface area contributed by atoms with Crippen molar-refractivity contribution >= 4 is 22.5 Å². The molecular formula is C26H25FN8O. The highest BCUT2D eigenvalue weighted by atomic mass is 19.1. The number of rotatable bonds is 7. The topological polar surface area (TPSA) is 107 Å². The maximum absolute atomic E-state index is 14.2. The van der Waals surface area contributed by atoms with Crippen molar-refractivity contribution in [2.75, 3.05) is 5.32 Å². The first-order chi connectivity index (χ1) is 17.3. The number of aliphatic hydroxyl groups excluding tert-OH is 1. The third-order valence-electron chi connectivity index (χ3n) is 5.85. The second kappa shape index (κ2) is 9.31. The van der Waals surface area contributed by atoms with Crippen molar-refractivity contribution in [1.29, 1.82) is 0 Å². The Kier molecular flexibility index (Phi) is 6.03. The van der Waals surface area contributed by atoms with Gasteiger partial charge < -0.3 is 10.4 Å². The number of hydrogen-bond acceptors (Lipinski definition) is 7. The molecule has 4 heterocycles. The number of alkyl halides is 1. The van der Waals surface area contributed by atoms with Crippen molar-refractivity contribution in [3.8, 4) is 17.1 Å². The van der Waals surface area contributed by atoms with Crippen LogP contribution in [-0.2, 0) is 0 Å². The van der Waals surface area contributed by atoms with Crippen molar-refractivity contribution in [3.63, 3.8) is 0 Å². The van der Waals surface area contributed by atoms with E-state index in [2.05, 4.69) is 32.2 Å². The average molecular weight is 485 g/mol. The standard InChI is InChI=1S/C26H25FN8O/c1-5-23(27)35-13-20(16(3)33-35)26-19(17(4)36)8-11-25(30-26)34-14-28-21-12-18(7-9-22(21)34)29-24-10-6-15(2)31-32-24/h5-14,17,23,36H,1H2,2-4H3,(H,29,32). The molecule has 5 rings (SSSR count). The van der Waals surface area contributed by atoms with E-state index in [0.29, 0.717) is 34.2 Å². The fourth-order valence-electron chi connectivity index (χ4n) is 3.98. The van der Waals surface area contributed by atoms with Gasteiger partial charge in [-0.25, -0.2) is 19.0 Å². The van der Waals surface area contributed by atoms with Gasteiger partial charge in [0.15, 0.2) is 5.82 Å². The molecule has 0 bridgehead atoms. The lowest BCUT2D eigenvalue weighted by molar-refractivity contribution is 0.199. The molecule has 9 nitrogen and oxygen atoms in total. The maximum atomic E-state index is 14.2. The largest absolute Gasteiger partial charge is 0.389 e. The summed E-state index contributed by atoms with van der Waals surface area (Å²) >= 11 is 0. The lowest BCUT2D eigenvalue weighted by Crippen LogP contribution is -2.03. The third-order valence-corrected chi connectivity index (χ3v) is 5.85. The minimum Gasteiger partial charge on any atom is -0.389 e. The van der Waals surface area contributed by atoms with Crippen molar-refractivity contribution < 1.29 is 9.50 Å². The normalized spacial score (nSPS) is 13.0. The number of anilines is 2. The van der Waals surface area contributed by atoms with Crippen LogP contribution in [0.3, 0.4) is 0 Å². The van der Waals surface area contributed by atoms with Crippen LogP contribution < -0.4 is 5.32 Å². The van der Waals surface area contributed by atoms with Gasteiger partial charge in [-0.2, -0.15) is 10.2 Å². The van der Waals surface area contributed by atoms with Gasteiger partial charge in [0.1, 0.15) is 12.1 Å². The zero-order chi connectivity index (χ0) is 25.4. The van der Waals surface area contributed by atoms with E-state index >= 15 is 0 Å². The summed E-state index contributed by atoms with van der Waals surface area (Å²) in [6, 6.07) is 13.2. The molecule has 5 aromatic rings. The summed E-state index contributed by atoms with van der Waals surface area (Å²) in [7, 11) is 0. The molecule has 0 radical (unpaired) electrons. The Balaban J connectivity index is 1.54. The van der Waals surface area contributed by atoms with Crippen LogP contribution in [0.15, 0.2) is 67.6 Å². The predicted octanol–water partition coefficient (Wildman–Crippen LogP) is 5.14. The number of aryl methyl sites for hydroxylation is 2. The van der Waals surface area contributed by atoms with Gasteiger partial charge in [0.05, 0.1) is 34.2 Å². The minimum absolute atomic E-state index is 0.528. The molecule has 0 fully saturated rings. The Labute approximate surface area is 207 Å². The second-order valence-electron chi connectivity index (χ2n) is 8.50. The van der Waals surface area contributed by atoms with E-state index in [0.717, 1.165) is 22.4 Å². The fraction of sp³-hybridized carbons (Fsp3) is 0.192. The Morgan fingerprint density at radius 2 is 1.94 bits per heavy atom. The fourth-order valence-corrected chi connectivity index (χ4v) is 3.98. The zero-order valence-corrected chi connectivity index (χ0v) is 20.1. The molecule has 0 aliphatic heterocycles. The number of hydrogen-bond donors (Lipinski definition) is 2. The molecule has 182 valence electrons. The van der Waals surface area contributed by atoms with Crippen LogP contribution in [0.2, 0.25) is 0 Å². The molecule has 10 heteroatoms. The molecule has 0 saturated carbocycles. The Hall–Kier alpha value is -4.44. The van der Waals surface area contributed by atoms with Gasteiger partial charge in [0, 0.05) is 23.0 Å². The molecule has 2 unspecified atom stereocenters. The van der Waals surface area contributed by atoms with Gasteiger partial charge in [0.25, 0.3) is 0 Å². The molecule has 0 aliphatic carbocycles. The summed E-state index contributed by atoms with van der Waals surface area (Å²) in [6.45, 7) is 8.82. The maximum Gasteiger partial charge on any atom is 0.209 e. The molecule has 1 aromatic carbocycles. The van der Waals surface area contributed by atoms with Gasteiger partial charge in [-0.05, 0) is 63.2 Å². The number of nitrogens with zero attached hydrogens (tertiary/aromatic N) is 7. The minimum atomic E-state index is -1.46. The zero-order valence-electron chi connectivity index (χ0n) is 20.1. The number of halogens is 1. The number of nitrogens with one attached hydrogen (secondary N) is 1. The van der Waals surface area contributed by atoms with Crippen molar-refractivity contribution in [1.82, 2.24) is 34.5 Å². The van der Waals surface area contributed by atoms with Crippen LogP contribution in [0.1, 0.15) is 36.3 Å². The van der Waals surface area contributed by atoms with Gasteiger partial charge in [0.2, 0.25) is 6.30 Å². The van der Waals surface area contributed by atoms with E-state index < -0.39 is 12.4 Å². The van der Waals surface area contributed by atoms with Crippen LogP contribution in [-0.4, -0.2) is 39.6 Å². The molecule has 36 heavy (non-hydrogen) atoms. The van der Waals surface area contributed by atoms with Crippen molar-refractivity contribution in [2.45, 2.75) is 33.2 Å². The molecule has 2 N–H and O–H groups in total. The van der Waals surface area contributed by atoms with E-state index in [4.69, 9.17) is 4.98 Å². The van der Waals surface area contributed by atoms with E-state index in [-0.39, 0.29) is 0 Å². The number of aromatic nitrogens is 7.